The summed E-state index contributed by atoms with van der Waals surface area (Å²) in [5.74, 6) is 0. The Morgan fingerprint density at radius 1 is 1.55 bits per heavy atom. The van der Waals surface area contributed by atoms with Crippen LogP contribution in [0.4, 0.5) is 0 Å². The molecule has 1 aliphatic rings. The second-order valence-electron chi connectivity index (χ2n) is 2.83. The molecule has 0 aliphatic carbocycles. The van der Waals surface area contributed by atoms with Crippen LogP contribution in [0.2, 0.25) is 0 Å². The van der Waals surface area contributed by atoms with E-state index in [0.29, 0.717) is 0 Å². The third-order valence-corrected chi connectivity index (χ3v) is 1.98. The molecule has 0 aromatic carbocycles. The number of hydrogen-bond donors (Lipinski definition) is 2. The summed E-state index contributed by atoms with van der Waals surface area (Å²) in [4.78, 5) is 0. The normalized spacial score (nSPS) is 30.0. The third kappa shape index (κ3) is 4.06. The maximum Gasteiger partial charge on any atom is 0.0776 e. The van der Waals surface area contributed by atoms with Crippen LogP contribution >= 0.6 is 17.0 Å². The Labute approximate surface area is 79.2 Å². The SMILES string of the molecule is Br.CCC1(C)CNCCO1.N. The Hall–Kier alpha value is 0.360. The number of halogens is 1. The average Bonchev–Trinajstić information content (AvgIpc) is 1.90. The van der Waals surface area contributed by atoms with Gasteiger partial charge in [0.05, 0.1) is 12.2 Å². The predicted molar refractivity (Wildman–Crippen MR) is 52.9 cm³/mol. The highest BCUT2D eigenvalue weighted by Gasteiger charge is 2.24. The van der Waals surface area contributed by atoms with E-state index in [-0.39, 0.29) is 28.7 Å². The van der Waals surface area contributed by atoms with Crippen molar-refractivity contribution >= 4 is 17.0 Å². The predicted octanol–water partition coefficient (Wildman–Crippen LogP) is 1.51. The summed E-state index contributed by atoms with van der Waals surface area (Å²) >= 11 is 0. The van der Waals surface area contributed by atoms with Crippen molar-refractivity contribution in [3.05, 3.63) is 0 Å². The first kappa shape index (κ1) is 13.9. The Bertz CT molecular complexity index is 94.4. The monoisotopic (exact) mass is 226 g/mol. The van der Waals surface area contributed by atoms with Crippen molar-refractivity contribution in [2.45, 2.75) is 25.9 Å². The van der Waals surface area contributed by atoms with Gasteiger partial charge in [-0.25, -0.2) is 0 Å². The summed E-state index contributed by atoms with van der Waals surface area (Å²) in [6, 6.07) is 0. The summed E-state index contributed by atoms with van der Waals surface area (Å²) in [6.07, 6.45) is 1.10. The van der Waals surface area contributed by atoms with E-state index in [4.69, 9.17) is 4.74 Å². The van der Waals surface area contributed by atoms with Gasteiger partial charge >= 0.3 is 0 Å². The smallest absolute Gasteiger partial charge is 0.0776 e. The summed E-state index contributed by atoms with van der Waals surface area (Å²) in [5.41, 5.74) is 0.109. The van der Waals surface area contributed by atoms with Gasteiger partial charge in [0.2, 0.25) is 0 Å². The van der Waals surface area contributed by atoms with Crippen molar-refractivity contribution in [2.75, 3.05) is 19.7 Å². The topological polar surface area (TPSA) is 56.3 Å². The summed E-state index contributed by atoms with van der Waals surface area (Å²) < 4.78 is 5.55. The molecule has 0 amide bonds. The quantitative estimate of drug-likeness (QED) is 0.713. The molecule has 4 N–H and O–H groups in total. The molecule has 1 heterocycles. The van der Waals surface area contributed by atoms with Gasteiger partial charge in [-0.05, 0) is 13.3 Å². The zero-order valence-electron chi connectivity index (χ0n) is 7.35. The largest absolute Gasteiger partial charge is 0.373 e. The minimum atomic E-state index is 0. The van der Waals surface area contributed by atoms with E-state index in [2.05, 4.69) is 19.2 Å². The van der Waals surface area contributed by atoms with Crippen LogP contribution in [0.5, 0.6) is 0 Å². The molecule has 70 valence electrons. The van der Waals surface area contributed by atoms with Crippen LogP contribution in [0.15, 0.2) is 0 Å². The minimum Gasteiger partial charge on any atom is -0.373 e. The number of nitrogens with one attached hydrogen (secondary N) is 1. The first-order chi connectivity index (χ1) is 4.27. The molecule has 1 atom stereocenters. The molecule has 1 aliphatic heterocycles. The maximum atomic E-state index is 5.55. The van der Waals surface area contributed by atoms with Gasteiger partial charge in [-0.15, -0.1) is 17.0 Å². The fourth-order valence-electron chi connectivity index (χ4n) is 1.00. The molecule has 1 fully saturated rings. The highest BCUT2D eigenvalue weighted by atomic mass is 79.9. The molecular formula is C7H19BrN2O. The van der Waals surface area contributed by atoms with Crippen LogP contribution < -0.4 is 11.5 Å². The zero-order valence-corrected chi connectivity index (χ0v) is 9.07. The van der Waals surface area contributed by atoms with Gasteiger partial charge in [-0.2, -0.15) is 0 Å². The van der Waals surface area contributed by atoms with Crippen molar-refractivity contribution in [3.8, 4) is 0 Å². The zero-order chi connectivity index (χ0) is 6.74. The number of hydrogen-bond acceptors (Lipinski definition) is 3. The van der Waals surface area contributed by atoms with Crippen LogP contribution in [0.1, 0.15) is 20.3 Å². The fourth-order valence-corrected chi connectivity index (χ4v) is 1.00. The van der Waals surface area contributed by atoms with E-state index in [0.717, 1.165) is 26.1 Å². The number of rotatable bonds is 1. The van der Waals surface area contributed by atoms with E-state index in [9.17, 15) is 0 Å². The van der Waals surface area contributed by atoms with Gasteiger partial charge in [0.25, 0.3) is 0 Å². The molecule has 0 spiro atoms. The standard InChI is InChI=1S/C7H15NO.BrH.H3N/c1-3-7(2)6-8-4-5-9-7;;/h8H,3-6H2,1-2H3;1H;1H3. The summed E-state index contributed by atoms with van der Waals surface area (Å²) in [5, 5.41) is 3.30. The fraction of sp³-hybridized carbons (Fsp3) is 1.00. The molecule has 3 nitrogen and oxygen atoms in total. The molecule has 0 radical (unpaired) electrons. The highest BCUT2D eigenvalue weighted by molar-refractivity contribution is 8.93. The molecule has 0 aromatic rings. The van der Waals surface area contributed by atoms with E-state index in [1.165, 1.54) is 0 Å². The van der Waals surface area contributed by atoms with E-state index in [1.54, 1.807) is 0 Å². The molecular weight excluding hydrogens is 208 g/mol. The first-order valence-electron chi connectivity index (χ1n) is 3.61. The van der Waals surface area contributed by atoms with Crippen LogP contribution in [-0.4, -0.2) is 25.3 Å². The molecule has 0 saturated carbocycles. The lowest BCUT2D eigenvalue weighted by Crippen LogP contribution is -2.47. The lowest BCUT2D eigenvalue weighted by molar-refractivity contribution is -0.0544. The molecule has 4 heteroatoms. The minimum absolute atomic E-state index is 0. The average molecular weight is 227 g/mol. The van der Waals surface area contributed by atoms with Gasteiger partial charge in [0, 0.05) is 13.1 Å². The summed E-state index contributed by atoms with van der Waals surface area (Å²) in [6.45, 7) is 7.19. The Kier molecular flexibility index (Phi) is 7.52. The molecule has 1 saturated heterocycles. The number of morpholine rings is 1. The Balaban J connectivity index is 0. The van der Waals surface area contributed by atoms with Gasteiger partial charge in [0.15, 0.2) is 0 Å². The van der Waals surface area contributed by atoms with Gasteiger partial charge in [0.1, 0.15) is 0 Å². The Morgan fingerprint density at radius 3 is 2.45 bits per heavy atom. The maximum absolute atomic E-state index is 5.55. The first-order valence-corrected chi connectivity index (χ1v) is 3.61. The molecule has 1 rings (SSSR count). The molecule has 0 bridgehead atoms. The third-order valence-electron chi connectivity index (χ3n) is 1.98. The van der Waals surface area contributed by atoms with E-state index < -0.39 is 0 Å². The molecule has 11 heavy (non-hydrogen) atoms. The van der Waals surface area contributed by atoms with Crippen molar-refractivity contribution < 1.29 is 4.74 Å². The second-order valence-corrected chi connectivity index (χ2v) is 2.83. The lowest BCUT2D eigenvalue weighted by atomic mass is 10.0. The van der Waals surface area contributed by atoms with Crippen molar-refractivity contribution in [2.24, 2.45) is 0 Å². The Morgan fingerprint density at radius 2 is 2.18 bits per heavy atom. The van der Waals surface area contributed by atoms with E-state index >= 15 is 0 Å². The lowest BCUT2D eigenvalue weighted by Gasteiger charge is -2.33. The van der Waals surface area contributed by atoms with Crippen molar-refractivity contribution in [3.63, 3.8) is 0 Å². The number of ether oxygens (including phenoxy) is 1. The van der Waals surface area contributed by atoms with Crippen molar-refractivity contribution in [1.82, 2.24) is 11.5 Å². The second kappa shape index (κ2) is 5.94. The van der Waals surface area contributed by atoms with Crippen LogP contribution in [-0.2, 0) is 4.74 Å². The van der Waals surface area contributed by atoms with E-state index in [1.807, 2.05) is 0 Å². The van der Waals surface area contributed by atoms with Crippen LogP contribution in [0.25, 0.3) is 0 Å². The highest BCUT2D eigenvalue weighted by Crippen LogP contribution is 2.15. The van der Waals surface area contributed by atoms with Crippen LogP contribution in [0, 0.1) is 0 Å². The van der Waals surface area contributed by atoms with Crippen molar-refractivity contribution in [1.29, 1.82) is 0 Å². The molecule has 0 aromatic heterocycles. The van der Waals surface area contributed by atoms with Gasteiger partial charge < -0.3 is 16.2 Å². The molecule has 1 unspecified atom stereocenters. The van der Waals surface area contributed by atoms with Gasteiger partial charge in [-0.1, -0.05) is 6.92 Å². The van der Waals surface area contributed by atoms with Gasteiger partial charge in [-0.3, -0.25) is 0 Å². The van der Waals surface area contributed by atoms with Crippen LogP contribution in [0.3, 0.4) is 0 Å². The summed E-state index contributed by atoms with van der Waals surface area (Å²) in [7, 11) is 0.